The van der Waals surface area contributed by atoms with Crippen LogP contribution in [0.2, 0.25) is 0 Å². The monoisotopic (exact) mass is 286 g/mol. The van der Waals surface area contributed by atoms with Gasteiger partial charge in [0.2, 0.25) is 0 Å². The normalized spacial score (nSPS) is 14.0. The van der Waals surface area contributed by atoms with Gasteiger partial charge in [-0.25, -0.2) is 9.18 Å². The minimum Gasteiger partial charge on any atom is -0.507 e. The molecule has 108 valence electrons. The Bertz CT molecular complexity index is 688. The van der Waals surface area contributed by atoms with Gasteiger partial charge in [-0.1, -0.05) is 12.1 Å². The molecule has 0 aliphatic heterocycles. The smallest absolute Gasteiger partial charge is 0.341 e. The molecule has 1 aliphatic rings. The van der Waals surface area contributed by atoms with E-state index in [9.17, 15) is 14.3 Å². The maximum absolute atomic E-state index is 13.1. The van der Waals surface area contributed by atoms with Crippen LogP contribution in [-0.2, 0) is 4.74 Å². The SMILES string of the molecule is COC(=O)c1cc(C2CC2)c(-c2ccc(F)cc2)cc1O. The summed E-state index contributed by atoms with van der Waals surface area (Å²) in [5, 5.41) is 10.1. The van der Waals surface area contributed by atoms with Gasteiger partial charge in [0.25, 0.3) is 0 Å². The lowest BCUT2D eigenvalue weighted by atomic mass is 9.94. The fourth-order valence-electron chi connectivity index (χ4n) is 2.49. The molecule has 21 heavy (non-hydrogen) atoms. The summed E-state index contributed by atoms with van der Waals surface area (Å²) >= 11 is 0. The van der Waals surface area contributed by atoms with E-state index in [0.29, 0.717) is 5.92 Å². The minimum absolute atomic E-state index is 0.120. The standard InChI is InChI=1S/C17H15FO3/c1-21-17(20)15-8-13(10-2-3-10)14(9-16(15)19)11-4-6-12(18)7-5-11/h4-10,19H,2-3H2,1H3. The fourth-order valence-corrected chi connectivity index (χ4v) is 2.49. The lowest BCUT2D eigenvalue weighted by Crippen LogP contribution is -2.03. The van der Waals surface area contributed by atoms with Crippen molar-refractivity contribution in [1.82, 2.24) is 0 Å². The summed E-state index contributed by atoms with van der Waals surface area (Å²) in [6, 6.07) is 9.38. The first-order chi connectivity index (χ1) is 10.1. The van der Waals surface area contributed by atoms with Gasteiger partial charge in [0.05, 0.1) is 7.11 Å². The van der Waals surface area contributed by atoms with Crippen LogP contribution < -0.4 is 0 Å². The third-order valence-corrected chi connectivity index (χ3v) is 3.75. The number of hydrogen-bond donors (Lipinski definition) is 1. The summed E-state index contributed by atoms with van der Waals surface area (Å²) in [6.07, 6.45) is 2.11. The van der Waals surface area contributed by atoms with Crippen molar-refractivity contribution in [3.05, 3.63) is 53.3 Å². The van der Waals surface area contributed by atoms with E-state index >= 15 is 0 Å². The van der Waals surface area contributed by atoms with Gasteiger partial charge in [0.1, 0.15) is 17.1 Å². The Morgan fingerprint density at radius 2 is 1.90 bits per heavy atom. The van der Waals surface area contributed by atoms with Gasteiger partial charge in [-0.3, -0.25) is 0 Å². The molecule has 1 N–H and O–H groups in total. The number of methoxy groups -OCH3 is 1. The molecule has 4 heteroatoms. The van der Waals surface area contributed by atoms with Crippen LogP contribution in [0.25, 0.3) is 11.1 Å². The quantitative estimate of drug-likeness (QED) is 0.871. The predicted octanol–water partition coefficient (Wildman–Crippen LogP) is 3.86. The molecule has 0 aromatic heterocycles. The number of benzene rings is 2. The van der Waals surface area contributed by atoms with E-state index in [0.717, 1.165) is 29.5 Å². The Labute approximate surface area is 122 Å². The zero-order valence-corrected chi connectivity index (χ0v) is 11.6. The summed E-state index contributed by atoms with van der Waals surface area (Å²) in [5.41, 5.74) is 2.83. The molecule has 0 amide bonds. The molecule has 0 radical (unpaired) electrons. The molecule has 0 spiro atoms. The number of carbonyl (C=O) groups is 1. The van der Waals surface area contributed by atoms with Crippen LogP contribution in [0, 0.1) is 5.82 Å². The summed E-state index contributed by atoms with van der Waals surface area (Å²) in [6.45, 7) is 0. The van der Waals surface area contributed by atoms with Crippen molar-refractivity contribution in [2.45, 2.75) is 18.8 Å². The molecule has 0 heterocycles. The van der Waals surface area contributed by atoms with E-state index in [1.807, 2.05) is 0 Å². The van der Waals surface area contributed by atoms with E-state index in [4.69, 9.17) is 0 Å². The largest absolute Gasteiger partial charge is 0.507 e. The second-order valence-corrected chi connectivity index (χ2v) is 5.23. The third-order valence-electron chi connectivity index (χ3n) is 3.75. The summed E-state index contributed by atoms with van der Waals surface area (Å²) in [5.74, 6) is -0.596. The molecule has 2 aromatic carbocycles. The lowest BCUT2D eigenvalue weighted by molar-refractivity contribution is 0.0597. The highest BCUT2D eigenvalue weighted by Crippen LogP contribution is 2.46. The molecule has 1 aliphatic carbocycles. The minimum atomic E-state index is -0.556. The first kappa shape index (κ1) is 13.6. The Hall–Kier alpha value is -2.36. The molecular formula is C17H15FO3. The van der Waals surface area contributed by atoms with E-state index < -0.39 is 5.97 Å². The van der Waals surface area contributed by atoms with Crippen LogP contribution in [0.1, 0.15) is 34.7 Å². The maximum atomic E-state index is 13.1. The average Bonchev–Trinajstić information content (AvgIpc) is 3.31. The van der Waals surface area contributed by atoms with Crippen molar-refractivity contribution in [2.75, 3.05) is 7.11 Å². The zero-order chi connectivity index (χ0) is 15.0. The van der Waals surface area contributed by atoms with Crippen LogP contribution in [0.3, 0.4) is 0 Å². The number of phenolic OH excluding ortho intramolecular Hbond substituents is 1. The predicted molar refractivity (Wildman–Crippen MR) is 76.8 cm³/mol. The molecule has 3 nitrogen and oxygen atoms in total. The van der Waals surface area contributed by atoms with Gasteiger partial charge in [-0.15, -0.1) is 0 Å². The molecule has 0 bridgehead atoms. The van der Waals surface area contributed by atoms with Crippen LogP contribution >= 0.6 is 0 Å². The number of carbonyl (C=O) groups excluding carboxylic acids is 1. The van der Waals surface area contributed by atoms with Crippen molar-refractivity contribution in [2.24, 2.45) is 0 Å². The van der Waals surface area contributed by atoms with Gasteiger partial charge < -0.3 is 9.84 Å². The molecule has 1 saturated carbocycles. The second-order valence-electron chi connectivity index (χ2n) is 5.23. The van der Waals surface area contributed by atoms with Crippen LogP contribution in [0.15, 0.2) is 36.4 Å². The van der Waals surface area contributed by atoms with Gasteiger partial charge in [-0.2, -0.15) is 0 Å². The van der Waals surface area contributed by atoms with Gasteiger partial charge in [0.15, 0.2) is 0 Å². The third kappa shape index (κ3) is 2.61. The van der Waals surface area contributed by atoms with Crippen LogP contribution in [0.5, 0.6) is 5.75 Å². The first-order valence-electron chi connectivity index (χ1n) is 6.81. The van der Waals surface area contributed by atoms with Crippen molar-refractivity contribution in [3.8, 4) is 16.9 Å². The van der Waals surface area contributed by atoms with Gasteiger partial charge >= 0.3 is 5.97 Å². The van der Waals surface area contributed by atoms with Crippen molar-refractivity contribution in [1.29, 1.82) is 0 Å². The summed E-state index contributed by atoms with van der Waals surface area (Å²) < 4.78 is 17.7. The second kappa shape index (κ2) is 5.20. The van der Waals surface area contributed by atoms with Crippen molar-refractivity contribution >= 4 is 5.97 Å². The topological polar surface area (TPSA) is 46.5 Å². The molecule has 0 unspecified atom stereocenters. The highest BCUT2D eigenvalue weighted by Gasteiger charge is 2.29. The summed E-state index contributed by atoms with van der Waals surface area (Å²) in [7, 11) is 1.28. The molecule has 0 atom stereocenters. The van der Waals surface area contributed by atoms with Crippen molar-refractivity contribution in [3.63, 3.8) is 0 Å². The fraction of sp³-hybridized carbons (Fsp3) is 0.235. The number of esters is 1. The van der Waals surface area contributed by atoms with Crippen molar-refractivity contribution < 1.29 is 19.0 Å². The average molecular weight is 286 g/mol. The molecule has 2 aromatic rings. The van der Waals surface area contributed by atoms with E-state index in [1.165, 1.54) is 19.2 Å². The summed E-state index contributed by atoms with van der Waals surface area (Å²) in [4.78, 5) is 11.7. The lowest BCUT2D eigenvalue weighted by Gasteiger charge is -2.13. The molecular weight excluding hydrogens is 271 g/mol. The highest BCUT2D eigenvalue weighted by molar-refractivity contribution is 5.94. The zero-order valence-electron chi connectivity index (χ0n) is 11.6. The maximum Gasteiger partial charge on any atom is 0.341 e. The highest BCUT2D eigenvalue weighted by atomic mass is 19.1. The van der Waals surface area contributed by atoms with Crippen LogP contribution in [-0.4, -0.2) is 18.2 Å². The Kier molecular flexibility index (Phi) is 3.37. The first-order valence-corrected chi connectivity index (χ1v) is 6.81. The number of ether oxygens (including phenoxy) is 1. The van der Waals surface area contributed by atoms with E-state index in [1.54, 1.807) is 24.3 Å². The number of hydrogen-bond acceptors (Lipinski definition) is 3. The van der Waals surface area contributed by atoms with E-state index in [-0.39, 0.29) is 17.1 Å². The van der Waals surface area contributed by atoms with Gasteiger partial charge in [0, 0.05) is 0 Å². The molecule has 0 saturated heterocycles. The Morgan fingerprint density at radius 3 is 2.48 bits per heavy atom. The van der Waals surface area contributed by atoms with Gasteiger partial charge in [-0.05, 0) is 59.7 Å². The Morgan fingerprint density at radius 1 is 1.24 bits per heavy atom. The number of halogens is 1. The molecule has 3 rings (SSSR count). The molecule has 1 fully saturated rings. The number of rotatable bonds is 3. The van der Waals surface area contributed by atoms with Crippen LogP contribution in [0.4, 0.5) is 4.39 Å². The van der Waals surface area contributed by atoms with E-state index in [2.05, 4.69) is 4.74 Å². The number of aromatic hydroxyl groups is 1. The number of phenols is 1. The Balaban J connectivity index is 2.13.